The molecule has 0 radical (unpaired) electrons. The first kappa shape index (κ1) is 29.4. The molecular formula is C28H28F3N3O7. The molecule has 1 atom stereocenters. The second kappa shape index (κ2) is 11.1. The van der Waals surface area contributed by atoms with E-state index < -0.39 is 47.2 Å². The maximum absolute atomic E-state index is 13.5. The number of likely N-dealkylation sites (N-methyl/N-ethyl adjacent to an activating group) is 1. The Morgan fingerprint density at radius 2 is 1.80 bits per heavy atom. The van der Waals surface area contributed by atoms with Crippen LogP contribution in [0.15, 0.2) is 53.3 Å². The largest absolute Gasteiger partial charge is 0.460 e. The van der Waals surface area contributed by atoms with Crippen molar-refractivity contribution in [2.24, 2.45) is 0 Å². The number of alkyl halides is 3. The molecule has 0 spiro atoms. The van der Waals surface area contributed by atoms with Crippen LogP contribution in [0.2, 0.25) is 0 Å². The Labute approximate surface area is 232 Å². The summed E-state index contributed by atoms with van der Waals surface area (Å²) in [7, 11) is 1.38. The topological polar surface area (TPSA) is 118 Å². The number of anilines is 1. The smallest absolute Gasteiger partial charge is 0.417 e. The van der Waals surface area contributed by atoms with Gasteiger partial charge in [0.05, 0.1) is 12.1 Å². The zero-order valence-corrected chi connectivity index (χ0v) is 22.7. The quantitative estimate of drug-likeness (QED) is 0.326. The van der Waals surface area contributed by atoms with Gasteiger partial charge in [-0.05, 0) is 50.4 Å². The molecule has 41 heavy (non-hydrogen) atoms. The third-order valence-corrected chi connectivity index (χ3v) is 6.04. The van der Waals surface area contributed by atoms with E-state index in [1.165, 1.54) is 54.4 Å². The van der Waals surface area contributed by atoms with Gasteiger partial charge >= 0.3 is 24.3 Å². The predicted octanol–water partition coefficient (Wildman–Crippen LogP) is 4.95. The van der Waals surface area contributed by atoms with Crippen LogP contribution in [-0.4, -0.2) is 66.5 Å². The number of halogens is 3. The molecule has 1 aromatic heterocycles. The number of aromatic nitrogens is 1. The first-order chi connectivity index (χ1) is 19.1. The van der Waals surface area contributed by atoms with Crippen LogP contribution in [0, 0.1) is 0 Å². The fraction of sp³-hybridized carbons (Fsp3) is 0.357. The molecule has 0 saturated carbocycles. The fourth-order valence-corrected chi connectivity index (χ4v) is 4.17. The first-order valence-corrected chi connectivity index (χ1v) is 12.5. The molecular weight excluding hydrogens is 547 g/mol. The van der Waals surface area contributed by atoms with Crippen molar-refractivity contribution in [3.63, 3.8) is 0 Å². The van der Waals surface area contributed by atoms with E-state index in [1.807, 2.05) is 0 Å². The minimum absolute atomic E-state index is 0.00273. The number of pyridine rings is 1. The molecule has 1 aliphatic rings. The van der Waals surface area contributed by atoms with Gasteiger partial charge in [0, 0.05) is 29.4 Å². The lowest BCUT2D eigenvalue weighted by molar-refractivity contribution is -0.146. The molecule has 3 aromatic rings. The van der Waals surface area contributed by atoms with Gasteiger partial charge in [0.25, 0.3) is 5.56 Å². The highest BCUT2D eigenvalue weighted by atomic mass is 19.4. The van der Waals surface area contributed by atoms with Crippen LogP contribution in [0.4, 0.5) is 28.4 Å². The van der Waals surface area contributed by atoms with Crippen molar-refractivity contribution in [3.05, 3.63) is 64.4 Å². The average molecular weight is 576 g/mol. The van der Waals surface area contributed by atoms with Crippen LogP contribution in [0.25, 0.3) is 22.0 Å². The van der Waals surface area contributed by atoms with Crippen LogP contribution >= 0.6 is 0 Å². The highest BCUT2D eigenvalue weighted by Crippen LogP contribution is 2.36. The van der Waals surface area contributed by atoms with Gasteiger partial charge in [-0.15, -0.1) is 0 Å². The zero-order valence-electron chi connectivity index (χ0n) is 22.7. The van der Waals surface area contributed by atoms with E-state index in [-0.39, 0.29) is 36.3 Å². The number of nitrogens with zero attached hydrogens (tertiary/aromatic N) is 2. The Bertz CT molecular complexity index is 1550. The van der Waals surface area contributed by atoms with Crippen molar-refractivity contribution >= 4 is 34.6 Å². The fourth-order valence-electron chi connectivity index (χ4n) is 4.17. The standard InChI is InChI=1S/C28H28F3N3O7/c1-27(2,3)41-25(37)33(4)14-23(35)39-15-18-13-34(26(38)40-18)17-10-9-16-11-22(32-24(36)20(16)12-17)19-7-5-6-8-21(19)28(29,30)31/h5-12,18H,13-15H2,1-4H3,(H,32,36)/t18-/m1/s1. The van der Waals surface area contributed by atoms with Crippen LogP contribution in [-0.2, 0) is 25.2 Å². The number of rotatable bonds is 6. The van der Waals surface area contributed by atoms with Gasteiger partial charge in [-0.25, -0.2) is 9.59 Å². The summed E-state index contributed by atoms with van der Waals surface area (Å²) in [5.41, 5.74) is -2.09. The van der Waals surface area contributed by atoms with Gasteiger partial charge in [0.2, 0.25) is 0 Å². The van der Waals surface area contributed by atoms with E-state index in [0.29, 0.717) is 11.1 Å². The molecule has 0 aliphatic carbocycles. The summed E-state index contributed by atoms with van der Waals surface area (Å²) in [6.45, 7) is 4.45. The van der Waals surface area contributed by atoms with Gasteiger partial charge in [0.15, 0.2) is 6.10 Å². The lowest BCUT2D eigenvalue weighted by Gasteiger charge is -2.24. The molecule has 218 valence electrons. The average Bonchev–Trinajstić information content (AvgIpc) is 3.26. The highest BCUT2D eigenvalue weighted by molar-refractivity contribution is 5.95. The number of H-pyrrole nitrogens is 1. The Balaban J connectivity index is 1.44. The minimum Gasteiger partial charge on any atom is -0.460 e. The molecule has 2 heterocycles. The maximum atomic E-state index is 13.5. The van der Waals surface area contributed by atoms with Crippen LogP contribution in [0.3, 0.4) is 0 Å². The minimum atomic E-state index is -4.61. The van der Waals surface area contributed by atoms with Crippen LogP contribution in [0.5, 0.6) is 0 Å². The monoisotopic (exact) mass is 575 g/mol. The summed E-state index contributed by atoms with van der Waals surface area (Å²) in [6, 6.07) is 10.8. The van der Waals surface area contributed by atoms with Gasteiger partial charge < -0.3 is 24.1 Å². The number of esters is 1. The van der Waals surface area contributed by atoms with Gasteiger partial charge in [0.1, 0.15) is 18.8 Å². The number of carbonyl (C=O) groups excluding carboxylic acids is 3. The number of hydrogen-bond acceptors (Lipinski definition) is 7. The molecule has 13 heteroatoms. The van der Waals surface area contributed by atoms with E-state index in [1.54, 1.807) is 20.8 Å². The lowest BCUT2D eigenvalue weighted by atomic mass is 10.0. The van der Waals surface area contributed by atoms with E-state index in [2.05, 4.69) is 4.98 Å². The van der Waals surface area contributed by atoms with Crippen molar-refractivity contribution in [3.8, 4) is 11.3 Å². The second-order valence-corrected chi connectivity index (χ2v) is 10.5. The van der Waals surface area contributed by atoms with E-state index in [4.69, 9.17) is 14.2 Å². The molecule has 2 amide bonds. The van der Waals surface area contributed by atoms with Crippen LogP contribution < -0.4 is 10.5 Å². The van der Waals surface area contributed by atoms with E-state index >= 15 is 0 Å². The summed E-state index contributed by atoms with van der Waals surface area (Å²) >= 11 is 0. The second-order valence-electron chi connectivity index (χ2n) is 10.5. The molecule has 2 aromatic carbocycles. The number of cyclic esters (lactones) is 1. The summed E-state index contributed by atoms with van der Waals surface area (Å²) in [4.78, 5) is 54.4. The van der Waals surface area contributed by atoms with Crippen molar-refractivity contribution in [1.29, 1.82) is 0 Å². The number of fused-ring (bicyclic) bond motifs is 1. The molecule has 4 rings (SSSR count). The Morgan fingerprint density at radius 3 is 2.49 bits per heavy atom. The van der Waals surface area contributed by atoms with Gasteiger partial charge in [-0.3, -0.25) is 14.5 Å². The third-order valence-electron chi connectivity index (χ3n) is 6.04. The molecule has 0 bridgehead atoms. The maximum Gasteiger partial charge on any atom is 0.417 e. The predicted molar refractivity (Wildman–Crippen MR) is 142 cm³/mol. The Morgan fingerprint density at radius 1 is 1.10 bits per heavy atom. The number of amides is 2. The number of aromatic amines is 1. The lowest BCUT2D eigenvalue weighted by Crippen LogP contribution is -2.38. The third kappa shape index (κ3) is 6.97. The number of nitrogens with one attached hydrogen (secondary N) is 1. The van der Waals surface area contributed by atoms with E-state index in [9.17, 15) is 32.3 Å². The molecule has 10 nitrogen and oxygen atoms in total. The molecule has 0 unspecified atom stereocenters. The molecule has 1 fully saturated rings. The van der Waals surface area contributed by atoms with Crippen molar-refractivity contribution < 1.29 is 41.8 Å². The number of hydrogen-bond donors (Lipinski definition) is 1. The van der Waals surface area contributed by atoms with Gasteiger partial charge in [-0.1, -0.05) is 24.3 Å². The summed E-state index contributed by atoms with van der Waals surface area (Å²) in [5, 5.41) is 0.528. The zero-order chi connectivity index (χ0) is 30.1. The first-order valence-electron chi connectivity index (χ1n) is 12.5. The number of carbonyl (C=O) groups is 3. The van der Waals surface area contributed by atoms with Crippen molar-refractivity contribution in [2.75, 3.05) is 31.6 Å². The SMILES string of the molecule is CN(CC(=O)OC[C@H]1CN(c2ccc3cc(-c4ccccc4C(F)(F)F)[nH]c(=O)c3c2)C(=O)O1)C(=O)OC(C)(C)C. The highest BCUT2D eigenvalue weighted by Gasteiger charge is 2.35. The van der Waals surface area contributed by atoms with Crippen molar-refractivity contribution in [1.82, 2.24) is 9.88 Å². The number of benzene rings is 2. The Kier molecular flexibility index (Phi) is 8.00. The molecule has 1 aliphatic heterocycles. The summed E-state index contributed by atoms with van der Waals surface area (Å²) in [5.74, 6) is -0.729. The number of ether oxygens (including phenoxy) is 3. The Hall–Kier alpha value is -4.55. The summed E-state index contributed by atoms with van der Waals surface area (Å²) in [6.07, 6.45) is -6.85. The van der Waals surface area contributed by atoms with E-state index in [0.717, 1.165) is 11.0 Å². The van der Waals surface area contributed by atoms with Gasteiger partial charge in [-0.2, -0.15) is 13.2 Å². The summed E-state index contributed by atoms with van der Waals surface area (Å²) < 4.78 is 56.1. The van der Waals surface area contributed by atoms with Crippen LogP contribution in [0.1, 0.15) is 26.3 Å². The normalized spacial score (nSPS) is 15.5. The van der Waals surface area contributed by atoms with Crippen molar-refractivity contribution in [2.45, 2.75) is 38.7 Å². The molecule has 1 N–H and O–H groups in total. The molecule has 1 saturated heterocycles.